The number of aliphatic imine (C=N–C) groups is 1. The molecule has 0 bridgehead atoms. The Balaban J connectivity index is 2.20. The van der Waals surface area contributed by atoms with E-state index in [9.17, 15) is 0 Å². The fourth-order valence-corrected chi connectivity index (χ4v) is 3.08. The quantitative estimate of drug-likeness (QED) is 0.416. The minimum absolute atomic E-state index is 0.735. The van der Waals surface area contributed by atoms with Crippen molar-refractivity contribution in [3.8, 4) is 0 Å². The van der Waals surface area contributed by atoms with Crippen LogP contribution in [0, 0.1) is 13.8 Å². The summed E-state index contributed by atoms with van der Waals surface area (Å²) in [4.78, 5) is 12.5. The van der Waals surface area contributed by atoms with Gasteiger partial charge in [-0.2, -0.15) is 0 Å². The van der Waals surface area contributed by atoms with E-state index < -0.39 is 0 Å². The minimum Gasteiger partial charge on any atom is -0.356 e. The number of aromatic nitrogens is 1. The van der Waals surface area contributed by atoms with Gasteiger partial charge in [0.2, 0.25) is 0 Å². The van der Waals surface area contributed by atoms with Gasteiger partial charge in [0, 0.05) is 18.5 Å². The lowest BCUT2D eigenvalue weighted by molar-refractivity contribution is 0.297. The van der Waals surface area contributed by atoms with Gasteiger partial charge in [-0.15, -0.1) is 11.3 Å². The molecular formula is C16H31N5S. The van der Waals surface area contributed by atoms with Crippen LogP contribution >= 0.6 is 11.3 Å². The van der Waals surface area contributed by atoms with E-state index in [-0.39, 0.29) is 0 Å². The molecule has 0 amide bonds. The second kappa shape index (κ2) is 10.6. The van der Waals surface area contributed by atoms with E-state index >= 15 is 0 Å². The van der Waals surface area contributed by atoms with Gasteiger partial charge in [-0.1, -0.05) is 13.8 Å². The highest BCUT2D eigenvalue weighted by molar-refractivity contribution is 7.11. The summed E-state index contributed by atoms with van der Waals surface area (Å²) < 4.78 is 0. The molecule has 1 aromatic rings. The number of guanidine groups is 1. The van der Waals surface area contributed by atoms with Crippen molar-refractivity contribution in [1.82, 2.24) is 20.5 Å². The molecule has 0 saturated heterocycles. The number of unbranched alkanes of at least 4 members (excludes halogenated alkanes) is 1. The Morgan fingerprint density at radius 2 is 1.91 bits per heavy atom. The van der Waals surface area contributed by atoms with E-state index in [1.165, 1.54) is 17.8 Å². The summed E-state index contributed by atoms with van der Waals surface area (Å²) in [6.07, 6.45) is 2.38. The smallest absolute Gasteiger partial charge is 0.191 e. The molecule has 0 aliphatic heterocycles. The Morgan fingerprint density at radius 1 is 1.18 bits per heavy atom. The van der Waals surface area contributed by atoms with Crippen molar-refractivity contribution in [3.05, 3.63) is 15.6 Å². The van der Waals surface area contributed by atoms with Crippen LogP contribution in [0.15, 0.2) is 4.99 Å². The maximum absolute atomic E-state index is 4.53. The number of rotatable bonds is 9. The van der Waals surface area contributed by atoms with Gasteiger partial charge in [-0.25, -0.2) is 4.98 Å². The van der Waals surface area contributed by atoms with Gasteiger partial charge in [-0.3, -0.25) is 4.99 Å². The number of aryl methyl sites for hydroxylation is 2. The number of hydrogen-bond donors (Lipinski definition) is 2. The lowest BCUT2D eigenvalue weighted by atomic mass is 10.3. The van der Waals surface area contributed by atoms with Crippen LogP contribution in [0.1, 0.15) is 42.3 Å². The highest BCUT2D eigenvalue weighted by atomic mass is 32.1. The molecule has 0 radical (unpaired) electrons. The zero-order valence-corrected chi connectivity index (χ0v) is 15.5. The van der Waals surface area contributed by atoms with Crippen LogP contribution in [-0.2, 0) is 6.54 Å². The molecule has 0 spiro atoms. The Morgan fingerprint density at radius 3 is 2.45 bits per heavy atom. The molecule has 1 heterocycles. The maximum atomic E-state index is 4.53. The van der Waals surface area contributed by atoms with Crippen LogP contribution < -0.4 is 10.6 Å². The summed E-state index contributed by atoms with van der Waals surface area (Å²) in [6, 6.07) is 0. The van der Waals surface area contributed by atoms with E-state index in [1.807, 2.05) is 7.05 Å². The second-order valence-corrected chi connectivity index (χ2v) is 6.62. The molecule has 126 valence electrons. The number of nitrogens with one attached hydrogen (secondary N) is 2. The molecule has 0 atom stereocenters. The predicted octanol–water partition coefficient (Wildman–Crippen LogP) is 2.55. The van der Waals surface area contributed by atoms with Gasteiger partial charge in [0.25, 0.3) is 0 Å². The van der Waals surface area contributed by atoms with Crippen LogP contribution in [-0.4, -0.2) is 49.1 Å². The first-order chi connectivity index (χ1) is 10.6. The third-order valence-electron chi connectivity index (χ3n) is 3.79. The number of thiazole rings is 1. The van der Waals surface area contributed by atoms with E-state index in [4.69, 9.17) is 0 Å². The van der Waals surface area contributed by atoms with E-state index in [0.717, 1.165) is 49.3 Å². The standard InChI is InChI=1S/C16H31N5S/c1-6-21(7-2)11-9-8-10-18-16(17-5)19-12-15-20-13(3)14(4)22-15/h6-12H2,1-5H3,(H2,17,18,19). The van der Waals surface area contributed by atoms with Crippen molar-refractivity contribution in [2.45, 2.75) is 47.1 Å². The molecule has 22 heavy (non-hydrogen) atoms. The molecule has 0 aliphatic rings. The fourth-order valence-electron chi connectivity index (χ4n) is 2.20. The zero-order valence-electron chi connectivity index (χ0n) is 14.7. The van der Waals surface area contributed by atoms with Gasteiger partial charge in [0.15, 0.2) is 5.96 Å². The van der Waals surface area contributed by atoms with Gasteiger partial charge < -0.3 is 15.5 Å². The first-order valence-corrected chi connectivity index (χ1v) is 9.02. The first kappa shape index (κ1) is 18.9. The van der Waals surface area contributed by atoms with Gasteiger partial charge in [-0.05, 0) is 46.3 Å². The van der Waals surface area contributed by atoms with Crippen LogP contribution in [0.25, 0.3) is 0 Å². The van der Waals surface area contributed by atoms with E-state index in [2.05, 4.69) is 53.2 Å². The predicted molar refractivity (Wildman–Crippen MR) is 96.8 cm³/mol. The van der Waals surface area contributed by atoms with Crippen molar-refractivity contribution >= 4 is 17.3 Å². The average molecular weight is 326 g/mol. The van der Waals surface area contributed by atoms with Gasteiger partial charge in [0.1, 0.15) is 5.01 Å². The van der Waals surface area contributed by atoms with Crippen molar-refractivity contribution in [2.75, 3.05) is 33.2 Å². The van der Waals surface area contributed by atoms with Crippen molar-refractivity contribution < 1.29 is 0 Å². The molecule has 1 aromatic heterocycles. The Hall–Kier alpha value is -1.14. The van der Waals surface area contributed by atoms with Crippen molar-refractivity contribution in [3.63, 3.8) is 0 Å². The van der Waals surface area contributed by atoms with Crippen LogP contribution in [0.4, 0.5) is 0 Å². The van der Waals surface area contributed by atoms with Crippen molar-refractivity contribution in [2.24, 2.45) is 4.99 Å². The average Bonchev–Trinajstić information content (AvgIpc) is 2.84. The second-order valence-electron chi connectivity index (χ2n) is 5.34. The lowest BCUT2D eigenvalue weighted by Gasteiger charge is -2.17. The number of nitrogens with zero attached hydrogens (tertiary/aromatic N) is 3. The Bertz CT molecular complexity index is 432. The molecule has 0 fully saturated rings. The first-order valence-electron chi connectivity index (χ1n) is 8.20. The van der Waals surface area contributed by atoms with Crippen molar-refractivity contribution in [1.29, 1.82) is 0 Å². The fraction of sp³-hybridized carbons (Fsp3) is 0.750. The highest BCUT2D eigenvalue weighted by Crippen LogP contribution is 2.15. The molecular weight excluding hydrogens is 294 g/mol. The normalized spacial score (nSPS) is 12.0. The summed E-state index contributed by atoms with van der Waals surface area (Å²) in [6.45, 7) is 13.7. The van der Waals surface area contributed by atoms with Crippen LogP contribution in [0.3, 0.4) is 0 Å². The third-order valence-corrected chi connectivity index (χ3v) is 4.86. The molecule has 0 aromatic carbocycles. The van der Waals surface area contributed by atoms with Crippen LogP contribution in [0.5, 0.6) is 0 Å². The Labute approximate surface area is 139 Å². The van der Waals surface area contributed by atoms with E-state index in [1.54, 1.807) is 11.3 Å². The van der Waals surface area contributed by atoms with E-state index in [0.29, 0.717) is 0 Å². The molecule has 6 heteroatoms. The highest BCUT2D eigenvalue weighted by Gasteiger charge is 2.04. The molecule has 0 aliphatic carbocycles. The molecule has 2 N–H and O–H groups in total. The monoisotopic (exact) mass is 325 g/mol. The molecule has 0 saturated carbocycles. The summed E-state index contributed by atoms with van der Waals surface area (Å²) in [5, 5.41) is 7.80. The third kappa shape index (κ3) is 6.75. The summed E-state index contributed by atoms with van der Waals surface area (Å²) in [5.41, 5.74) is 1.13. The summed E-state index contributed by atoms with van der Waals surface area (Å²) in [5.74, 6) is 0.855. The topological polar surface area (TPSA) is 52.5 Å². The molecule has 0 unspecified atom stereocenters. The largest absolute Gasteiger partial charge is 0.356 e. The lowest BCUT2D eigenvalue weighted by Crippen LogP contribution is -2.37. The summed E-state index contributed by atoms with van der Waals surface area (Å²) >= 11 is 1.75. The van der Waals surface area contributed by atoms with Gasteiger partial charge in [0.05, 0.1) is 12.2 Å². The minimum atomic E-state index is 0.735. The van der Waals surface area contributed by atoms with Crippen LogP contribution in [0.2, 0.25) is 0 Å². The zero-order chi connectivity index (χ0) is 16.4. The number of hydrogen-bond acceptors (Lipinski definition) is 4. The SMILES string of the molecule is CCN(CC)CCCCNC(=NC)NCc1nc(C)c(C)s1. The van der Waals surface area contributed by atoms with Gasteiger partial charge >= 0.3 is 0 Å². The summed E-state index contributed by atoms with van der Waals surface area (Å²) in [7, 11) is 1.81. The maximum Gasteiger partial charge on any atom is 0.191 e. The molecule has 5 nitrogen and oxygen atoms in total. The Kier molecular flexibility index (Phi) is 9.08. The molecule has 1 rings (SSSR count).